The maximum Gasteiger partial charge on any atom is 0.276 e. The van der Waals surface area contributed by atoms with E-state index in [0.717, 1.165) is 29.7 Å². The zero-order valence-corrected chi connectivity index (χ0v) is 15.6. The fourth-order valence-electron chi connectivity index (χ4n) is 3.49. The number of halogens is 1. The summed E-state index contributed by atoms with van der Waals surface area (Å²) in [5, 5.41) is 4.55. The van der Waals surface area contributed by atoms with Crippen LogP contribution in [0.4, 0.5) is 0 Å². The monoisotopic (exact) mass is 382 g/mol. The molecule has 1 aliphatic rings. The van der Waals surface area contributed by atoms with Crippen molar-refractivity contribution in [2.45, 2.75) is 18.9 Å². The van der Waals surface area contributed by atoms with Crippen LogP contribution in [0.2, 0.25) is 5.02 Å². The average Bonchev–Trinajstić information content (AvgIpc) is 3.38. The highest BCUT2D eigenvalue weighted by Crippen LogP contribution is 2.35. The second-order valence-electron chi connectivity index (χ2n) is 6.49. The smallest absolute Gasteiger partial charge is 0.276 e. The summed E-state index contributed by atoms with van der Waals surface area (Å²) in [7, 11) is 1.64. The van der Waals surface area contributed by atoms with Crippen LogP contribution in [0.25, 0.3) is 11.3 Å². The first-order chi connectivity index (χ1) is 13.2. The lowest BCUT2D eigenvalue weighted by Gasteiger charge is -2.24. The van der Waals surface area contributed by atoms with Crippen molar-refractivity contribution in [3.8, 4) is 17.1 Å². The molecule has 0 unspecified atom stereocenters. The summed E-state index contributed by atoms with van der Waals surface area (Å²) >= 11 is 6.21. The Bertz CT molecular complexity index is 952. The van der Waals surface area contributed by atoms with Gasteiger partial charge in [-0.15, -0.1) is 0 Å². The summed E-state index contributed by atoms with van der Waals surface area (Å²) in [6.45, 7) is 0.698. The van der Waals surface area contributed by atoms with Gasteiger partial charge in [0.15, 0.2) is 11.5 Å². The van der Waals surface area contributed by atoms with E-state index in [0.29, 0.717) is 23.0 Å². The van der Waals surface area contributed by atoms with Gasteiger partial charge >= 0.3 is 0 Å². The van der Waals surface area contributed by atoms with Gasteiger partial charge < -0.3 is 14.2 Å². The Morgan fingerprint density at radius 2 is 2.00 bits per heavy atom. The molecular formula is C21H19ClN2O3. The lowest BCUT2D eigenvalue weighted by atomic mass is 10.0. The standard InChI is InChI=1S/C21H19ClN2O3/c1-26-15-10-8-14(9-11-15)19-7-4-12-24(19)21(25)18-13-20(27-23-18)16-5-2-3-6-17(16)22/h2-3,5-6,8-11,13,19H,4,7,12H2,1H3/t19-/m0/s1. The van der Waals surface area contributed by atoms with Crippen LogP contribution in [0.5, 0.6) is 5.75 Å². The number of aromatic nitrogens is 1. The van der Waals surface area contributed by atoms with Crippen molar-refractivity contribution in [1.82, 2.24) is 10.1 Å². The molecule has 1 amide bonds. The van der Waals surface area contributed by atoms with Crippen LogP contribution in [0.15, 0.2) is 59.1 Å². The number of nitrogens with zero attached hydrogens (tertiary/aromatic N) is 2. The third-order valence-electron chi connectivity index (χ3n) is 4.88. The molecule has 5 nitrogen and oxygen atoms in total. The number of hydrogen-bond donors (Lipinski definition) is 0. The Kier molecular flexibility index (Phi) is 4.86. The van der Waals surface area contributed by atoms with Crippen molar-refractivity contribution in [3.05, 3.63) is 70.9 Å². The number of hydrogen-bond acceptors (Lipinski definition) is 4. The molecule has 27 heavy (non-hydrogen) atoms. The first-order valence-electron chi connectivity index (χ1n) is 8.84. The first kappa shape index (κ1) is 17.6. The van der Waals surface area contributed by atoms with E-state index >= 15 is 0 Å². The van der Waals surface area contributed by atoms with Gasteiger partial charge in [-0.3, -0.25) is 4.79 Å². The third-order valence-corrected chi connectivity index (χ3v) is 5.21. The Morgan fingerprint density at radius 1 is 1.22 bits per heavy atom. The number of rotatable bonds is 4. The largest absolute Gasteiger partial charge is 0.497 e. The Hall–Kier alpha value is -2.79. The van der Waals surface area contributed by atoms with E-state index in [1.54, 1.807) is 19.2 Å². The van der Waals surface area contributed by atoms with Crippen LogP contribution >= 0.6 is 11.6 Å². The average molecular weight is 383 g/mol. The fourth-order valence-corrected chi connectivity index (χ4v) is 3.72. The highest BCUT2D eigenvalue weighted by molar-refractivity contribution is 6.33. The predicted molar refractivity (Wildman–Crippen MR) is 103 cm³/mol. The van der Waals surface area contributed by atoms with E-state index in [1.165, 1.54) is 0 Å². The van der Waals surface area contributed by atoms with Gasteiger partial charge in [-0.2, -0.15) is 0 Å². The van der Waals surface area contributed by atoms with E-state index < -0.39 is 0 Å². The second kappa shape index (κ2) is 7.45. The van der Waals surface area contributed by atoms with Crippen LogP contribution in [0, 0.1) is 0 Å². The van der Waals surface area contributed by atoms with E-state index in [-0.39, 0.29) is 11.9 Å². The van der Waals surface area contributed by atoms with Crippen molar-refractivity contribution in [2.24, 2.45) is 0 Å². The van der Waals surface area contributed by atoms with Gasteiger partial charge in [0, 0.05) is 18.2 Å². The lowest BCUT2D eigenvalue weighted by Crippen LogP contribution is -2.30. The van der Waals surface area contributed by atoms with Crippen LogP contribution < -0.4 is 4.74 Å². The highest BCUT2D eigenvalue weighted by Gasteiger charge is 2.32. The SMILES string of the molecule is COc1ccc([C@@H]2CCCN2C(=O)c2cc(-c3ccccc3Cl)on2)cc1. The van der Waals surface area contributed by atoms with Crippen molar-refractivity contribution >= 4 is 17.5 Å². The Morgan fingerprint density at radius 3 is 2.74 bits per heavy atom. The molecule has 1 saturated heterocycles. The molecule has 0 aliphatic carbocycles. The number of carbonyl (C=O) groups excluding carboxylic acids is 1. The van der Waals surface area contributed by atoms with Gasteiger partial charge in [0.25, 0.3) is 5.91 Å². The summed E-state index contributed by atoms with van der Waals surface area (Å²) in [5.41, 5.74) is 2.11. The lowest BCUT2D eigenvalue weighted by molar-refractivity contribution is 0.0725. The number of carbonyl (C=O) groups is 1. The zero-order valence-electron chi connectivity index (χ0n) is 14.9. The molecule has 2 aromatic carbocycles. The molecule has 0 N–H and O–H groups in total. The minimum atomic E-state index is -0.129. The summed E-state index contributed by atoms with van der Waals surface area (Å²) in [4.78, 5) is 14.9. The Balaban J connectivity index is 1.57. The summed E-state index contributed by atoms with van der Waals surface area (Å²) < 4.78 is 10.6. The van der Waals surface area contributed by atoms with Gasteiger partial charge in [0.2, 0.25) is 0 Å². The first-order valence-corrected chi connectivity index (χ1v) is 9.21. The summed E-state index contributed by atoms with van der Waals surface area (Å²) in [5.74, 6) is 1.16. The second-order valence-corrected chi connectivity index (χ2v) is 6.89. The van der Waals surface area contributed by atoms with Crippen molar-refractivity contribution in [1.29, 1.82) is 0 Å². The van der Waals surface area contributed by atoms with Crippen molar-refractivity contribution in [2.75, 3.05) is 13.7 Å². The molecule has 138 valence electrons. The molecule has 2 heterocycles. The number of amides is 1. The van der Waals surface area contributed by atoms with Crippen LogP contribution in [0.1, 0.15) is 34.9 Å². The molecule has 1 aliphatic heterocycles. The van der Waals surface area contributed by atoms with Crippen LogP contribution in [-0.4, -0.2) is 29.6 Å². The fraction of sp³-hybridized carbons (Fsp3) is 0.238. The van der Waals surface area contributed by atoms with Gasteiger partial charge in [0.1, 0.15) is 5.75 Å². The van der Waals surface area contributed by atoms with Crippen molar-refractivity contribution in [3.63, 3.8) is 0 Å². The quantitative estimate of drug-likeness (QED) is 0.638. The number of methoxy groups -OCH3 is 1. The van der Waals surface area contributed by atoms with Crippen LogP contribution in [-0.2, 0) is 0 Å². The molecule has 0 spiro atoms. The minimum Gasteiger partial charge on any atom is -0.497 e. The molecule has 3 aromatic rings. The summed E-state index contributed by atoms with van der Waals surface area (Å²) in [6, 6.07) is 16.9. The van der Waals surface area contributed by atoms with Gasteiger partial charge in [-0.1, -0.05) is 41.0 Å². The molecule has 0 saturated carbocycles. The van der Waals surface area contributed by atoms with Crippen molar-refractivity contribution < 1.29 is 14.1 Å². The molecule has 1 fully saturated rings. The van der Waals surface area contributed by atoms with E-state index in [1.807, 2.05) is 47.4 Å². The number of ether oxygens (including phenoxy) is 1. The van der Waals surface area contributed by atoms with Gasteiger partial charge in [-0.05, 0) is 42.7 Å². The predicted octanol–water partition coefficient (Wildman–Crippen LogP) is 4.98. The van der Waals surface area contributed by atoms with Crippen LogP contribution in [0.3, 0.4) is 0 Å². The van der Waals surface area contributed by atoms with E-state index in [9.17, 15) is 4.79 Å². The maximum atomic E-state index is 13.0. The molecule has 6 heteroatoms. The number of benzene rings is 2. The highest BCUT2D eigenvalue weighted by atomic mass is 35.5. The molecule has 1 atom stereocenters. The Labute approximate surface area is 162 Å². The maximum absolute atomic E-state index is 13.0. The topological polar surface area (TPSA) is 55.6 Å². The molecule has 0 bridgehead atoms. The molecular weight excluding hydrogens is 364 g/mol. The van der Waals surface area contributed by atoms with Gasteiger partial charge in [0.05, 0.1) is 18.2 Å². The summed E-state index contributed by atoms with van der Waals surface area (Å²) in [6.07, 6.45) is 1.88. The normalized spacial score (nSPS) is 16.5. The molecule has 0 radical (unpaired) electrons. The van der Waals surface area contributed by atoms with E-state index in [4.69, 9.17) is 20.9 Å². The zero-order chi connectivity index (χ0) is 18.8. The third kappa shape index (κ3) is 3.43. The molecule has 4 rings (SSSR count). The van der Waals surface area contributed by atoms with Gasteiger partial charge in [-0.25, -0.2) is 0 Å². The minimum absolute atomic E-state index is 0.0314. The number of likely N-dealkylation sites (tertiary alicyclic amines) is 1. The van der Waals surface area contributed by atoms with E-state index in [2.05, 4.69) is 5.16 Å². The molecule has 1 aromatic heterocycles.